The highest BCUT2D eigenvalue weighted by Gasteiger charge is 2.32. The summed E-state index contributed by atoms with van der Waals surface area (Å²) in [4.78, 5) is 45.4. The maximum Gasteiger partial charge on any atom is 0.294 e. The monoisotopic (exact) mass is 593 g/mol. The van der Waals surface area contributed by atoms with Gasteiger partial charge < -0.3 is 15.1 Å². The Hall–Kier alpha value is -2.53. The van der Waals surface area contributed by atoms with Gasteiger partial charge in [0, 0.05) is 59.6 Å². The average Bonchev–Trinajstić information content (AvgIpc) is 3.31. The lowest BCUT2D eigenvalue weighted by Crippen LogP contribution is -2.40. The third-order valence-corrected chi connectivity index (χ3v) is 7.15. The molecule has 1 aromatic heterocycles. The van der Waals surface area contributed by atoms with Crippen LogP contribution < -0.4 is 5.32 Å². The topological polar surface area (TPSA) is 109 Å². The zero-order valence-corrected chi connectivity index (χ0v) is 21.7. The van der Waals surface area contributed by atoms with E-state index in [1.54, 1.807) is 28.1 Å². The van der Waals surface area contributed by atoms with Crippen molar-refractivity contribution in [2.75, 3.05) is 31.5 Å². The smallest absolute Gasteiger partial charge is 0.294 e. The van der Waals surface area contributed by atoms with Crippen LogP contribution in [0.25, 0.3) is 0 Å². The third-order valence-electron chi connectivity index (χ3n) is 6.26. The van der Waals surface area contributed by atoms with E-state index in [0.717, 1.165) is 36.6 Å². The lowest BCUT2D eigenvalue weighted by atomic mass is 10.1. The lowest BCUT2D eigenvalue weighted by Gasteiger charge is -2.28. The minimum absolute atomic E-state index is 0.131. The van der Waals surface area contributed by atoms with Gasteiger partial charge >= 0.3 is 0 Å². The van der Waals surface area contributed by atoms with Gasteiger partial charge in [0.1, 0.15) is 5.69 Å². The van der Waals surface area contributed by atoms with E-state index in [1.807, 2.05) is 0 Å². The molecule has 2 aromatic rings. The van der Waals surface area contributed by atoms with Crippen molar-refractivity contribution >= 4 is 55.0 Å². The van der Waals surface area contributed by atoms with E-state index in [9.17, 15) is 19.7 Å². The summed E-state index contributed by atoms with van der Waals surface area (Å²) < 4.78 is 1.20. The number of carbonyl (C=O) groups is 2. The number of hydrogen-bond donors (Lipinski definition) is 1. The molecule has 2 amide bonds. The molecule has 1 aromatic carbocycles. The molecule has 2 fully saturated rings. The summed E-state index contributed by atoms with van der Waals surface area (Å²) in [6.45, 7) is 2.18. The van der Waals surface area contributed by atoms with Crippen molar-refractivity contribution in [3.05, 3.63) is 60.8 Å². The number of benzene rings is 1. The third kappa shape index (κ3) is 5.41. The Labute approximate surface area is 214 Å². The summed E-state index contributed by atoms with van der Waals surface area (Å²) >= 11 is 6.67. The van der Waals surface area contributed by atoms with Crippen LogP contribution in [0.1, 0.15) is 52.8 Å². The van der Waals surface area contributed by atoms with Crippen molar-refractivity contribution in [2.45, 2.75) is 38.1 Å². The van der Waals surface area contributed by atoms with Crippen molar-refractivity contribution in [3.63, 3.8) is 0 Å². The van der Waals surface area contributed by atoms with Crippen LogP contribution in [0.4, 0.5) is 11.4 Å². The SMILES string of the molecule is O=C(c1cc(Br)cc([N+](=O)[O-])c1NC[C@@H]1CCCN1C(=O)c1cncc(Br)c1)N1CCCCC1. The molecule has 0 bridgehead atoms. The number of nitro benzene ring substituents is 1. The Balaban J connectivity index is 1.58. The predicted octanol–water partition coefficient (Wildman–Crippen LogP) is 4.86. The van der Waals surface area contributed by atoms with E-state index < -0.39 is 4.92 Å². The molecule has 9 nitrogen and oxygen atoms in total. The standard InChI is InChI=1S/C23H25Br2N5O4/c24-16-10-19(23(32)28-6-2-1-3-7-28)21(20(11-16)30(33)34)27-14-18-5-4-8-29(18)22(31)15-9-17(25)13-26-12-15/h9-13,18,27H,1-8,14H2/t18-/m0/s1. The second-order valence-corrected chi connectivity index (χ2v) is 10.4. The van der Waals surface area contributed by atoms with E-state index in [2.05, 4.69) is 42.2 Å². The number of hydrogen-bond acceptors (Lipinski definition) is 6. The molecule has 0 aliphatic carbocycles. The normalized spacial score (nSPS) is 18.1. The van der Waals surface area contributed by atoms with E-state index in [0.29, 0.717) is 36.2 Å². The molecule has 34 heavy (non-hydrogen) atoms. The van der Waals surface area contributed by atoms with Gasteiger partial charge in [-0.15, -0.1) is 0 Å². The van der Waals surface area contributed by atoms with E-state index in [-0.39, 0.29) is 34.8 Å². The number of rotatable bonds is 6. The van der Waals surface area contributed by atoms with E-state index >= 15 is 0 Å². The second-order valence-electron chi connectivity index (χ2n) is 8.52. The molecule has 1 atom stereocenters. The number of amides is 2. The minimum atomic E-state index is -0.481. The number of halogens is 2. The highest BCUT2D eigenvalue weighted by molar-refractivity contribution is 9.10. The quantitative estimate of drug-likeness (QED) is 0.378. The number of nitro groups is 1. The highest BCUT2D eigenvalue weighted by Crippen LogP contribution is 2.34. The van der Waals surface area contributed by atoms with Gasteiger partial charge in [0.25, 0.3) is 17.5 Å². The molecule has 2 saturated heterocycles. The molecule has 0 saturated carbocycles. The fourth-order valence-electron chi connectivity index (χ4n) is 4.59. The van der Waals surface area contributed by atoms with Gasteiger partial charge in [-0.05, 0) is 60.2 Å². The molecule has 11 heteroatoms. The van der Waals surface area contributed by atoms with Gasteiger partial charge in [-0.2, -0.15) is 0 Å². The number of carbonyl (C=O) groups excluding carboxylic acids is 2. The van der Waals surface area contributed by atoms with E-state index in [1.165, 1.54) is 12.3 Å². The van der Waals surface area contributed by atoms with Gasteiger partial charge in [-0.1, -0.05) is 15.9 Å². The number of piperidine rings is 1. The predicted molar refractivity (Wildman–Crippen MR) is 135 cm³/mol. The van der Waals surface area contributed by atoms with E-state index in [4.69, 9.17) is 0 Å². The molecule has 1 N–H and O–H groups in total. The second kappa shape index (κ2) is 10.8. The number of aromatic nitrogens is 1. The maximum absolute atomic E-state index is 13.3. The van der Waals surface area contributed by atoms with Gasteiger partial charge in [0.05, 0.1) is 16.1 Å². The Bertz CT molecular complexity index is 1110. The van der Waals surface area contributed by atoms with Crippen LogP contribution in [0, 0.1) is 10.1 Å². The Morgan fingerprint density at radius 2 is 1.79 bits per heavy atom. The molecule has 4 rings (SSSR count). The van der Waals surface area contributed by atoms with Crippen LogP contribution in [-0.2, 0) is 0 Å². The Morgan fingerprint density at radius 3 is 2.50 bits per heavy atom. The number of anilines is 1. The van der Waals surface area contributed by atoms with Crippen LogP contribution in [0.2, 0.25) is 0 Å². The molecule has 2 aliphatic rings. The number of likely N-dealkylation sites (tertiary alicyclic amines) is 2. The zero-order chi connectivity index (χ0) is 24.2. The summed E-state index contributed by atoms with van der Waals surface area (Å²) in [5.41, 5.74) is 0.792. The molecule has 2 aliphatic heterocycles. The summed E-state index contributed by atoms with van der Waals surface area (Å²) in [5, 5.41) is 15.0. The largest absolute Gasteiger partial charge is 0.377 e. The zero-order valence-electron chi connectivity index (χ0n) is 18.5. The Morgan fingerprint density at radius 1 is 1.03 bits per heavy atom. The summed E-state index contributed by atoms with van der Waals surface area (Å²) in [5.74, 6) is -0.348. The van der Waals surface area contributed by atoms with Gasteiger partial charge in [0.15, 0.2) is 0 Å². The van der Waals surface area contributed by atoms with Crippen molar-refractivity contribution in [3.8, 4) is 0 Å². The lowest BCUT2D eigenvalue weighted by molar-refractivity contribution is -0.384. The van der Waals surface area contributed by atoms with Crippen LogP contribution >= 0.6 is 31.9 Å². The summed E-state index contributed by atoms with van der Waals surface area (Å²) in [6, 6.07) is 4.61. The fourth-order valence-corrected chi connectivity index (χ4v) is 5.40. The maximum atomic E-state index is 13.3. The van der Waals surface area contributed by atoms with Crippen LogP contribution in [0.15, 0.2) is 39.5 Å². The highest BCUT2D eigenvalue weighted by atomic mass is 79.9. The van der Waals surface area contributed by atoms with Crippen molar-refractivity contribution < 1.29 is 14.5 Å². The first-order chi connectivity index (χ1) is 16.3. The molecule has 0 radical (unpaired) electrons. The first-order valence-corrected chi connectivity index (χ1v) is 12.9. The molecule has 3 heterocycles. The number of nitrogens with one attached hydrogen (secondary N) is 1. The summed E-state index contributed by atoms with van der Waals surface area (Å²) in [7, 11) is 0. The van der Waals surface area contributed by atoms with Crippen molar-refractivity contribution in [1.82, 2.24) is 14.8 Å². The number of nitrogens with zero attached hydrogens (tertiary/aromatic N) is 4. The fraction of sp³-hybridized carbons (Fsp3) is 0.435. The van der Waals surface area contributed by atoms with Gasteiger partial charge in [0.2, 0.25) is 0 Å². The minimum Gasteiger partial charge on any atom is -0.377 e. The summed E-state index contributed by atoms with van der Waals surface area (Å²) in [6.07, 6.45) is 7.68. The first kappa shape index (κ1) is 24.6. The number of pyridine rings is 1. The molecule has 0 unspecified atom stereocenters. The van der Waals surface area contributed by atoms with Crippen LogP contribution in [0.5, 0.6) is 0 Å². The first-order valence-electron chi connectivity index (χ1n) is 11.3. The molecule has 0 spiro atoms. The van der Waals surface area contributed by atoms with Crippen LogP contribution in [-0.4, -0.2) is 63.7 Å². The van der Waals surface area contributed by atoms with Gasteiger partial charge in [-0.25, -0.2) is 0 Å². The average molecular weight is 595 g/mol. The molecular weight excluding hydrogens is 570 g/mol. The molecular formula is C23H25Br2N5O4. The van der Waals surface area contributed by atoms with Crippen molar-refractivity contribution in [2.24, 2.45) is 0 Å². The van der Waals surface area contributed by atoms with Crippen LogP contribution in [0.3, 0.4) is 0 Å². The Kier molecular flexibility index (Phi) is 7.82. The van der Waals surface area contributed by atoms with Crippen molar-refractivity contribution in [1.29, 1.82) is 0 Å². The van der Waals surface area contributed by atoms with Gasteiger partial charge in [-0.3, -0.25) is 24.7 Å². The molecule has 180 valence electrons.